The van der Waals surface area contributed by atoms with Crippen molar-refractivity contribution in [3.8, 4) is 0 Å². The summed E-state index contributed by atoms with van der Waals surface area (Å²) in [7, 11) is -4.41. The van der Waals surface area contributed by atoms with Crippen molar-refractivity contribution in [3.63, 3.8) is 0 Å². The molecule has 4 aromatic rings. The van der Waals surface area contributed by atoms with Gasteiger partial charge in [0.1, 0.15) is 18.4 Å². The first-order valence-electron chi connectivity index (χ1n) is 15.3. The molecule has 1 fully saturated rings. The highest BCUT2D eigenvalue weighted by Crippen LogP contribution is 2.28. The second-order valence-electron chi connectivity index (χ2n) is 11.6. The van der Waals surface area contributed by atoms with Crippen LogP contribution in [0, 0.1) is 12.7 Å². The van der Waals surface area contributed by atoms with Crippen LogP contribution in [-0.4, -0.2) is 43.8 Å². The number of anilines is 1. The number of benzene rings is 4. The molecule has 1 N–H and O–H groups in total. The number of rotatable bonds is 12. The molecule has 1 aliphatic rings. The van der Waals surface area contributed by atoms with Crippen LogP contribution in [0.2, 0.25) is 5.02 Å². The molecule has 46 heavy (non-hydrogen) atoms. The predicted octanol–water partition coefficient (Wildman–Crippen LogP) is 6.68. The molecule has 10 heteroatoms. The van der Waals surface area contributed by atoms with Crippen LogP contribution in [0.15, 0.2) is 108 Å². The summed E-state index contributed by atoms with van der Waals surface area (Å²) in [6.45, 7) is 1.01. The van der Waals surface area contributed by atoms with E-state index in [9.17, 15) is 18.0 Å². The third-order valence-corrected chi connectivity index (χ3v) is 10.4. The van der Waals surface area contributed by atoms with Crippen LogP contribution < -0.4 is 9.62 Å². The zero-order valence-corrected chi connectivity index (χ0v) is 27.2. The van der Waals surface area contributed by atoms with Gasteiger partial charge in [-0.2, -0.15) is 0 Å². The summed E-state index contributed by atoms with van der Waals surface area (Å²) >= 11 is 6.55. The summed E-state index contributed by atoms with van der Waals surface area (Å²) < 4.78 is 44.2. The Morgan fingerprint density at radius 3 is 2.20 bits per heavy atom. The van der Waals surface area contributed by atoms with Crippen molar-refractivity contribution in [1.29, 1.82) is 0 Å². The number of amides is 2. The lowest BCUT2D eigenvalue weighted by molar-refractivity contribution is -0.140. The summed E-state index contributed by atoms with van der Waals surface area (Å²) in [5.41, 5.74) is 1.98. The maximum absolute atomic E-state index is 15.3. The molecular formula is C36H37ClFN3O4S. The van der Waals surface area contributed by atoms with Crippen molar-refractivity contribution in [2.75, 3.05) is 10.8 Å². The average molecular weight is 662 g/mol. The second kappa shape index (κ2) is 14.9. The number of aryl methyl sites for hydroxylation is 1. The minimum Gasteiger partial charge on any atom is -0.352 e. The molecule has 1 aliphatic carbocycles. The van der Waals surface area contributed by atoms with Crippen molar-refractivity contribution >= 4 is 39.1 Å². The summed E-state index contributed by atoms with van der Waals surface area (Å²) in [6.07, 6.45) is 3.88. The molecule has 0 saturated heterocycles. The summed E-state index contributed by atoms with van der Waals surface area (Å²) in [4.78, 5) is 29.9. The van der Waals surface area contributed by atoms with Crippen molar-refractivity contribution < 1.29 is 22.4 Å². The number of hydrogen-bond donors (Lipinski definition) is 1. The quantitative estimate of drug-likeness (QED) is 0.184. The third-order valence-electron chi connectivity index (χ3n) is 8.28. The third kappa shape index (κ3) is 7.95. The first-order chi connectivity index (χ1) is 22.1. The molecule has 0 spiro atoms. The van der Waals surface area contributed by atoms with Crippen LogP contribution >= 0.6 is 11.6 Å². The highest BCUT2D eigenvalue weighted by molar-refractivity contribution is 7.92. The minimum absolute atomic E-state index is 0.0140. The highest BCUT2D eigenvalue weighted by atomic mass is 35.5. The van der Waals surface area contributed by atoms with Gasteiger partial charge in [0.15, 0.2) is 0 Å². The van der Waals surface area contributed by atoms with Gasteiger partial charge < -0.3 is 10.2 Å². The lowest BCUT2D eigenvalue weighted by atomic mass is 10.0. The molecule has 1 saturated carbocycles. The maximum atomic E-state index is 15.3. The molecule has 0 aliphatic heterocycles. The summed E-state index contributed by atoms with van der Waals surface area (Å²) in [5.74, 6) is -1.82. The molecule has 240 valence electrons. The Kier molecular flexibility index (Phi) is 10.8. The highest BCUT2D eigenvalue weighted by Gasteiger charge is 2.36. The van der Waals surface area contributed by atoms with Crippen LogP contribution in [0.3, 0.4) is 0 Å². The topological polar surface area (TPSA) is 86.8 Å². The van der Waals surface area contributed by atoms with E-state index in [1.807, 2.05) is 37.3 Å². The Bertz CT molecular complexity index is 1760. The Labute approximate surface area is 275 Å². The van der Waals surface area contributed by atoms with Crippen molar-refractivity contribution in [2.45, 2.75) is 62.6 Å². The van der Waals surface area contributed by atoms with Gasteiger partial charge in [-0.25, -0.2) is 12.8 Å². The standard InChI is InChI=1S/C36H37ClFN3O4S/c1-26-19-21-30(22-20-26)46(44,45)41(33-18-10-9-17-32(33)38)25-35(42)40(24-28-13-5-8-16-31(28)37)34(23-27-11-3-2-4-12-27)36(43)39-29-14-6-7-15-29/h2-5,8-13,16-22,29,34H,6-7,14-15,23-25H2,1H3,(H,39,43)/t34-/m0/s1. The van der Waals surface area contributed by atoms with E-state index in [4.69, 9.17) is 11.6 Å². The lowest BCUT2D eigenvalue weighted by Crippen LogP contribution is -2.54. The van der Waals surface area contributed by atoms with E-state index in [-0.39, 0.29) is 35.5 Å². The molecule has 0 aromatic heterocycles. The summed E-state index contributed by atoms with van der Waals surface area (Å²) in [5, 5.41) is 3.53. The van der Waals surface area contributed by atoms with Crippen molar-refractivity contribution in [2.24, 2.45) is 0 Å². The van der Waals surface area contributed by atoms with Gasteiger partial charge in [0.05, 0.1) is 10.6 Å². The van der Waals surface area contributed by atoms with Gasteiger partial charge in [-0.05, 0) is 61.2 Å². The Balaban J connectivity index is 1.58. The van der Waals surface area contributed by atoms with Gasteiger partial charge in [0.2, 0.25) is 11.8 Å². The molecule has 5 rings (SSSR count). The van der Waals surface area contributed by atoms with Crippen molar-refractivity contribution in [1.82, 2.24) is 10.2 Å². The number of nitrogens with zero attached hydrogens (tertiary/aromatic N) is 2. The molecule has 4 aromatic carbocycles. The van der Waals surface area contributed by atoms with Gasteiger partial charge in [-0.3, -0.25) is 13.9 Å². The van der Waals surface area contributed by atoms with E-state index < -0.39 is 34.3 Å². The van der Waals surface area contributed by atoms with Crippen LogP contribution in [0.25, 0.3) is 0 Å². The van der Waals surface area contributed by atoms with E-state index >= 15 is 4.39 Å². The molecule has 0 unspecified atom stereocenters. The van der Waals surface area contributed by atoms with Crippen LogP contribution in [0.1, 0.15) is 42.4 Å². The van der Waals surface area contributed by atoms with E-state index in [0.29, 0.717) is 10.6 Å². The fourth-order valence-corrected chi connectivity index (χ4v) is 7.35. The van der Waals surface area contributed by atoms with E-state index in [1.54, 1.807) is 36.4 Å². The zero-order chi connectivity index (χ0) is 32.7. The number of hydrogen-bond acceptors (Lipinski definition) is 4. The predicted molar refractivity (Wildman–Crippen MR) is 178 cm³/mol. The molecule has 1 atom stereocenters. The van der Waals surface area contributed by atoms with E-state index in [2.05, 4.69) is 5.32 Å². The summed E-state index contributed by atoms with van der Waals surface area (Å²) in [6, 6.07) is 26.9. The molecule has 7 nitrogen and oxygen atoms in total. The maximum Gasteiger partial charge on any atom is 0.264 e. The smallest absolute Gasteiger partial charge is 0.264 e. The van der Waals surface area contributed by atoms with E-state index in [1.165, 1.54) is 35.2 Å². The van der Waals surface area contributed by atoms with Crippen LogP contribution in [0.5, 0.6) is 0 Å². The molecule has 0 bridgehead atoms. The normalized spacial score (nSPS) is 14.1. The first-order valence-corrected chi connectivity index (χ1v) is 17.2. The van der Waals surface area contributed by atoms with Gasteiger partial charge in [-0.15, -0.1) is 0 Å². The number of para-hydroxylation sites is 1. The number of carbonyl (C=O) groups excluding carboxylic acids is 2. The fourth-order valence-electron chi connectivity index (χ4n) is 5.74. The van der Waals surface area contributed by atoms with Crippen LogP contribution in [-0.2, 0) is 32.6 Å². The molecular weight excluding hydrogens is 625 g/mol. The van der Waals surface area contributed by atoms with Crippen molar-refractivity contribution in [3.05, 3.63) is 131 Å². The Hall–Kier alpha value is -4.21. The van der Waals surface area contributed by atoms with Crippen LogP contribution in [0.4, 0.5) is 10.1 Å². The molecule has 0 heterocycles. The number of nitrogens with one attached hydrogen (secondary N) is 1. The molecule has 0 radical (unpaired) electrons. The van der Waals surface area contributed by atoms with Gasteiger partial charge in [-0.1, -0.05) is 103 Å². The van der Waals surface area contributed by atoms with E-state index in [0.717, 1.165) is 47.2 Å². The minimum atomic E-state index is -4.41. The monoisotopic (exact) mass is 661 g/mol. The van der Waals surface area contributed by atoms with Gasteiger partial charge in [0.25, 0.3) is 10.0 Å². The second-order valence-corrected chi connectivity index (χ2v) is 13.9. The Morgan fingerprint density at radius 1 is 0.891 bits per heavy atom. The number of halogens is 2. The lowest BCUT2D eigenvalue weighted by Gasteiger charge is -2.34. The van der Waals surface area contributed by atoms with Gasteiger partial charge in [0, 0.05) is 24.0 Å². The zero-order valence-electron chi connectivity index (χ0n) is 25.6. The van der Waals surface area contributed by atoms with Gasteiger partial charge >= 0.3 is 0 Å². The largest absolute Gasteiger partial charge is 0.352 e. The average Bonchev–Trinajstić information content (AvgIpc) is 3.56. The SMILES string of the molecule is Cc1ccc(S(=O)(=O)N(CC(=O)N(Cc2ccccc2Cl)[C@@H](Cc2ccccc2)C(=O)NC2CCCC2)c2ccccc2F)cc1. The number of carbonyl (C=O) groups is 2. The molecule has 2 amide bonds. The Morgan fingerprint density at radius 2 is 1.52 bits per heavy atom. The number of sulfonamides is 1. The fraction of sp³-hybridized carbons (Fsp3) is 0.278. The first kappa shape index (κ1) is 33.2.